The molecule has 17 heavy (non-hydrogen) atoms. The molecule has 0 amide bonds. The lowest BCUT2D eigenvalue weighted by Crippen LogP contribution is -2.19. The minimum absolute atomic E-state index is 0.159. The quantitative estimate of drug-likeness (QED) is 0.785. The van der Waals surface area contributed by atoms with Gasteiger partial charge in [0.1, 0.15) is 11.6 Å². The van der Waals surface area contributed by atoms with Crippen LogP contribution < -0.4 is 5.73 Å². The molecule has 1 aromatic heterocycles. The fraction of sp³-hybridized carbons (Fsp3) is 0.692. The highest BCUT2D eigenvalue weighted by atomic mass is 16.1. The van der Waals surface area contributed by atoms with Gasteiger partial charge in [-0.15, -0.1) is 0 Å². The number of Topliss-reactive ketones (excluding diaryl/α,β-unsaturated/α-hetero) is 1. The van der Waals surface area contributed by atoms with Crippen molar-refractivity contribution in [3.63, 3.8) is 0 Å². The van der Waals surface area contributed by atoms with E-state index in [9.17, 15) is 4.79 Å². The number of carbonyl (C=O) groups excluding carboxylic acids is 1. The van der Waals surface area contributed by atoms with Crippen molar-refractivity contribution < 1.29 is 4.79 Å². The first-order chi connectivity index (χ1) is 7.94. The Labute approximate surface area is 103 Å². The number of carbonyl (C=O) groups is 1. The average Bonchev–Trinajstić information content (AvgIpc) is 2.62. The first-order valence-corrected chi connectivity index (χ1v) is 6.12. The summed E-state index contributed by atoms with van der Waals surface area (Å²) in [6.45, 7) is 5.00. The Kier molecular flexibility index (Phi) is 4.87. The predicted octanol–water partition coefficient (Wildman–Crippen LogP) is 1.69. The van der Waals surface area contributed by atoms with Crippen LogP contribution in [-0.4, -0.2) is 21.9 Å². The molecule has 0 aliphatic rings. The molecule has 0 aromatic carbocycles. The van der Waals surface area contributed by atoms with E-state index in [1.54, 1.807) is 6.20 Å². The summed E-state index contributed by atoms with van der Waals surface area (Å²) in [5.74, 6) is 1.09. The van der Waals surface area contributed by atoms with E-state index in [0.717, 1.165) is 18.7 Å². The van der Waals surface area contributed by atoms with Crippen LogP contribution in [0.3, 0.4) is 0 Å². The maximum atomic E-state index is 11.8. The molecule has 4 nitrogen and oxygen atoms in total. The van der Waals surface area contributed by atoms with Gasteiger partial charge in [-0.3, -0.25) is 4.79 Å². The molecule has 0 spiro atoms. The molecule has 0 saturated heterocycles. The fourth-order valence-electron chi connectivity index (χ4n) is 1.83. The zero-order valence-corrected chi connectivity index (χ0v) is 11.1. The molecule has 0 aliphatic heterocycles. The van der Waals surface area contributed by atoms with Crippen LogP contribution in [0.5, 0.6) is 0 Å². The molecule has 0 fully saturated rings. The SMILES string of the molecule is Cn1ccnc1CC(=O)CCC(C)(C)CCN. The minimum Gasteiger partial charge on any atom is -0.338 e. The van der Waals surface area contributed by atoms with Gasteiger partial charge in [0.2, 0.25) is 0 Å². The van der Waals surface area contributed by atoms with Crippen LogP contribution in [-0.2, 0) is 18.3 Å². The van der Waals surface area contributed by atoms with Crippen LogP contribution in [0.4, 0.5) is 0 Å². The summed E-state index contributed by atoms with van der Waals surface area (Å²) in [6, 6.07) is 0. The number of aryl methyl sites for hydroxylation is 1. The van der Waals surface area contributed by atoms with E-state index in [-0.39, 0.29) is 11.2 Å². The molecule has 0 bridgehead atoms. The van der Waals surface area contributed by atoms with Crippen molar-refractivity contribution in [2.75, 3.05) is 6.54 Å². The molecular weight excluding hydrogens is 214 g/mol. The molecule has 0 saturated carbocycles. The van der Waals surface area contributed by atoms with Crippen molar-refractivity contribution >= 4 is 5.78 Å². The van der Waals surface area contributed by atoms with Crippen molar-refractivity contribution in [1.82, 2.24) is 9.55 Å². The van der Waals surface area contributed by atoms with Gasteiger partial charge in [-0.2, -0.15) is 0 Å². The van der Waals surface area contributed by atoms with Gasteiger partial charge in [-0.25, -0.2) is 4.98 Å². The van der Waals surface area contributed by atoms with Crippen molar-refractivity contribution in [3.8, 4) is 0 Å². The van der Waals surface area contributed by atoms with Gasteiger partial charge in [-0.1, -0.05) is 13.8 Å². The van der Waals surface area contributed by atoms with E-state index in [4.69, 9.17) is 5.73 Å². The lowest BCUT2D eigenvalue weighted by Gasteiger charge is -2.23. The zero-order valence-electron chi connectivity index (χ0n) is 11.1. The minimum atomic E-state index is 0.159. The van der Waals surface area contributed by atoms with Crippen LogP contribution >= 0.6 is 0 Å². The van der Waals surface area contributed by atoms with Crippen LogP contribution in [0.1, 0.15) is 38.9 Å². The summed E-state index contributed by atoms with van der Waals surface area (Å²) < 4.78 is 1.89. The summed E-state index contributed by atoms with van der Waals surface area (Å²) >= 11 is 0. The van der Waals surface area contributed by atoms with Crippen LogP contribution in [0, 0.1) is 5.41 Å². The van der Waals surface area contributed by atoms with Crippen LogP contribution in [0.2, 0.25) is 0 Å². The standard InChI is InChI=1S/C13H23N3O/c1-13(2,6-7-14)5-4-11(17)10-12-15-8-9-16(12)3/h8-9H,4-7,10,14H2,1-3H3. The number of hydrogen-bond donors (Lipinski definition) is 1. The first kappa shape index (κ1) is 13.9. The maximum absolute atomic E-state index is 11.8. The third kappa shape index (κ3) is 4.69. The number of nitrogens with zero attached hydrogens (tertiary/aromatic N) is 2. The molecule has 2 N–H and O–H groups in total. The Bertz CT molecular complexity index is 368. The van der Waals surface area contributed by atoms with E-state index in [1.165, 1.54) is 0 Å². The molecule has 0 radical (unpaired) electrons. The molecule has 1 rings (SSSR count). The van der Waals surface area contributed by atoms with Crippen LogP contribution in [0.15, 0.2) is 12.4 Å². The van der Waals surface area contributed by atoms with E-state index >= 15 is 0 Å². The van der Waals surface area contributed by atoms with E-state index in [1.807, 2.05) is 17.8 Å². The monoisotopic (exact) mass is 237 g/mol. The highest BCUT2D eigenvalue weighted by molar-refractivity contribution is 5.80. The summed E-state index contributed by atoms with van der Waals surface area (Å²) in [4.78, 5) is 16.0. The molecule has 0 aliphatic carbocycles. The highest BCUT2D eigenvalue weighted by Crippen LogP contribution is 2.26. The smallest absolute Gasteiger partial charge is 0.140 e. The third-order valence-electron chi connectivity index (χ3n) is 3.18. The van der Waals surface area contributed by atoms with Crippen molar-refractivity contribution in [2.45, 2.75) is 39.5 Å². The van der Waals surface area contributed by atoms with Gasteiger partial charge < -0.3 is 10.3 Å². The van der Waals surface area contributed by atoms with Gasteiger partial charge in [-0.05, 0) is 24.8 Å². The Hall–Kier alpha value is -1.16. The number of ketones is 1. The Morgan fingerprint density at radius 2 is 2.18 bits per heavy atom. The van der Waals surface area contributed by atoms with E-state index in [2.05, 4.69) is 18.8 Å². The van der Waals surface area contributed by atoms with Gasteiger partial charge >= 0.3 is 0 Å². The van der Waals surface area contributed by atoms with Gasteiger partial charge in [0.05, 0.1) is 6.42 Å². The van der Waals surface area contributed by atoms with Gasteiger partial charge in [0.25, 0.3) is 0 Å². The van der Waals surface area contributed by atoms with Gasteiger partial charge in [0, 0.05) is 25.9 Å². The number of imidazole rings is 1. The first-order valence-electron chi connectivity index (χ1n) is 6.12. The molecule has 1 aromatic rings. The Morgan fingerprint density at radius 3 is 2.71 bits per heavy atom. The number of hydrogen-bond acceptors (Lipinski definition) is 3. The normalized spacial score (nSPS) is 11.8. The summed E-state index contributed by atoms with van der Waals surface area (Å²) in [5, 5.41) is 0. The topological polar surface area (TPSA) is 60.9 Å². The summed E-state index contributed by atoms with van der Waals surface area (Å²) in [7, 11) is 1.91. The highest BCUT2D eigenvalue weighted by Gasteiger charge is 2.18. The Morgan fingerprint density at radius 1 is 1.47 bits per heavy atom. The largest absolute Gasteiger partial charge is 0.338 e. The molecule has 0 unspecified atom stereocenters. The van der Waals surface area contributed by atoms with Crippen LogP contribution in [0.25, 0.3) is 0 Å². The zero-order chi connectivity index (χ0) is 12.9. The fourth-order valence-corrected chi connectivity index (χ4v) is 1.83. The Balaban J connectivity index is 2.38. The number of rotatable bonds is 7. The average molecular weight is 237 g/mol. The summed E-state index contributed by atoms with van der Waals surface area (Å²) in [5.41, 5.74) is 5.71. The summed E-state index contributed by atoms with van der Waals surface area (Å²) in [6.07, 6.45) is 6.49. The molecule has 4 heteroatoms. The molecule has 1 heterocycles. The van der Waals surface area contributed by atoms with E-state index in [0.29, 0.717) is 19.4 Å². The second-order valence-electron chi connectivity index (χ2n) is 5.37. The lowest BCUT2D eigenvalue weighted by molar-refractivity contribution is -0.119. The molecule has 96 valence electrons. The number of aromatic nitrogens is 2. The maximum Gasteiger partial charge on any atom is 0.140 e. The second kappa shape index (κ2) is 5.96. The van der Waals surface area contributed by atoms with Gasteiger partial charge in [0.15, 0.2) is 0 Å². The molecular formula is C13H23N3O. The number of nitrogens with two attached hydrogens (primary N) is 1. The predicted molar refractivity (Wildman–Crippen MR) is 68.6 cm³/mol. The van der Waals surface area contributed by atoms with E-state index < -0.39 is 0 Å². The second-order valence-corrected chi connectivity index (χ2v) is 5.37. The molecule has 0 atom stereocenters. The van der Waals surface area contributed by atoms with Crippen molar-refractivity contribution in [2.24, 2.45) is 18.2 Å². The van der Waals surface area contributed by atoms with Crippen molar-refractivity contribution in [3.05, 3.63) is 18.2 Å². The lowest BCUT2D eigenvalue weighted by atomic mass is 9.83. The third-order valence-corrected chi connectivity index (χ3v) is 3.18. The van der Waals surface area contributed by atoms with Crippen molar-refractivity contribution in [1.29, 1.82) is 0 Å².